The molecular weight excluding hydrogens is 531 g/mol. The summed E-state index contributed by atoms with van der Waals surface area (Å²) in [6.45, 7) is 6.88. The van der Waals surface area contributed by atoms with Crippen LogP contribution in [0.15, 0.2) is 54.7 Å². The van der Waals surface area contributed by atoms with Crippen molar-refractivity contribution in [3.63, 3.8) is 0 Å². The second kappa shape index (κ2) is 12.1. The Morgan fingerprint density at radius 3 is 2.55 bits per heavy atom. The third-order valence-corrected chi connectivity index (χ3v) is 9.02. The number of piperidine rings is 1. The van der Waals surface area contributed by atoms with Gasteiger partial charge in [-0.2, -0.15) is 0 Å². The number of benzene rings is 2. The first-order chi connectivity index (χ1) is 20.4. The Kier molecular flexibility index (Phi) is 8.13. The Morgan fingerprint density at radius 1 is 1.05 bits per heavy atom. The Morgan fingerprint density at radius 2 is 1.81 bits per heavy atom. The summed E-state index contributed by atoms with van der Waals surface area (Å²) in [5.41, 5.74) is 5.06. The number of aliphatic carboxylic acids is 1. The molecule has 2 fully saturated rings. The van der Waals surface area contributed by atoms with Gasteiger partial charge in [0.25, 0.3) is 0 Å². The van der Waals surface area contributed by atoms with Gasteiger partial charge in [0, 0.05) is 43.5 Å². The van der Waals surface area contributed by atoms with E-state index in [0.29, 0.717) is 18.7 Å². The first-order valence-corrected chi connectivity index (χ1v) is 15.2. The summed E-state index contributed by atoms with van der Waals surface area (Å²) in [4.78, 5) is 23.9. The average Bonchev–Trinajstić information content (AvgIpc) is 3.35. The first kappa shape index (κ1) is 28.2. The molecule has 4 aromatic rings. The molecule has 8 heteroatoms. The molecule has 1 saturated heterocycles. The number of carboxylic acid groups (broad SMARTS) is 1. The molecule has 0 amide bonds. The molecule has 0 unspecified atom stereocenters. The van der Waals surface area contributed by atoms with E-state index < -0.39 is 11.9 Å². The predicted molar refractivity (Wildman–Crippen MR) is 161 cm³/mol. The highest BCUT2D eigenvalue weighted by atomic mass is 19.1. The third kappa shape index (κ3) is 5.98. The average molecular weight is 571 g/mol. The van der Waals surface area contributed by atoms with Gasteiger partial charge in [0.05, 0.1) is 17.0 Å². The number of nitrogens with zero attached hydrogens (tertiary/aromatic N) is 4. The molecule has 2 aromatic heterocycles. The largest absolute Gasteiger partial charge is 0.487 e. The Labute approximate surface area is 246 Å². The molecule has 42 heavy (non-hydrogen) atoms. The highest BCUT2D eigenvalue weighted by Gasteiger charge is 2.35. The lowest BCUT2D eigenvalue weighted by Gasteiger charge is -2.32. The van der Waals surface area contributed by atoms with Crippen LogP contribution in [0.1, 0.15) is 74.0 Å². The number of hydrogen-bond donors (Lipinski definition) is 1. The normalized spacial score (nSPS) is 19.7. The number of hydrogen-bond acceptors (Lipinski definition) is 5. The van der Waals surface area contributed by atoms with Crippen LogP contribution in [0.25, 0.3) is 11.0 Å². The Hall–Kier alpha value is -3.94. The van der Waals surface area contributed by atoms with E-state index in [1.807, 2.05) is 18.2 Å². The summed E-state index contributed by atoms with van der Waals surface area (Å²) in [5.74, 6) is 0.430. The topological polar surface area (TPSA) is 80.5 Å². The van der Waals surface area contributed by atoms with E-state index >= 15 is 0 Å². The van der Waals surface area contributed by atoms with Gasteiger partial charge in [-0.15, -0.1) is 0 Å². The van der Waals surface area contributed by atoms with Crippen LogP contribution in [-0.2, 0) is 17.9 Å². The summed E-state index contributed by atoms with van der Waals surface area (Å²) in [5, 5.41) is 10.1. The van der Waals surface area contributed by atoms with Crippen LogP contribution in [0.4, 0.5) is 10.1 Å². The van der Waals surface area contributed by atoms with E-state index in [1.54, 1.807) is 13.1 Å². The van der Waals surface area contributed by atoms with Crippen molar-refractivity contribution in [1.29, 1.82) is 0 Å². The molecule has 1 saturated carbocycles. The zero-order valence-corrected chi connectivity index (χ0v) is 24.4. The number of rotatable bonds is 8. The molecule has 2 aliphatic rings. The van der Waals surface area contributed by atoms with Crippen LogP contribution >= 0.6 is 0 Å². The van der Waals surface area contributed by atoms with E-state index in [-0.39, 0.29) is 24.0 Å². The van der Waals surface area contributed by atoms with Crippen LogP contribution in [0.5, 0.6) is 5.75 Å². The van der Waals surface area contributed by atoms with Crippen LogP contribution < -0.4 is 9.64 Å². The van der Waals surface area contributed by atoms with Crippen LogP contribution in [0.3, 0.4) is 0 Å². The van der Waals surface area contributed by atoms with Crippen molar-refractivity contribution in [3.05, 3.63) is 83.2 Å². The van der Waals surface area contributed by atoms with Crippen LogP contribution in [0.2, 0.25) is 0 Å². The molecule has 0 radical (unpaired) electrons. The summed E-state index contributed by atoms with van der Waals surface area (Å²) in [7, 11) is 0. The minimum atomic E-state index is -0.754. The smallest absolute Gasteiger partial charge is 0.307 e. The second-order valence-corrected chi connectivity index (χ2v) is 12.1. The number of aryl methyl sites for hydroxylation is 1. The number of imidazole rings is 1. The van der Waals surface area contributed by atoms with Gasteiger partial charge in [-0.1, -0.05) is 31.9 Å². The molecule has 7 nitrogen and oxygen atoms in total. The lowest BCUT2D eigenvalue weighted by Crippen LogP contribution is -2.32. The van der Waals surface area contributed by atoms with Crippen molar-refractivity contribution in [3.8, 4) is 5.75 Å². The quantitative estimate of drug-likeness (QED) is 0.243. The van der Waals surface area contributed by atoms with E-state index in [1.165, 1.54) is 24.6 Å². The van der Waals surface area contributed by atoms with Gasteiger partial charge in [0.1, 0.15) is 29.7 Å². The van der Waals surface area contributed by atoms with Crippen molar-refractivity contribution in [2.24, 2.45) is 11.8 Å². The molecule has 3 heterocycles. The fourth-order valence-corrected chi connectivity index (χ4v) is 6.48. The van der Waals surface area contributed by atoms with Gasteiger partial charge in [0.2, 0.25) is 0 Å². The van der Waals surface area contributed by atoms with Gasteiger partial charge in [-0.25, -0.2) is 9.37 Å². The fraction of sp³-hybridized carbons (Fsp3) is 0.441. The zero-order valence-electron chi connectivity index (χ0n) is 24.4. The van der Waals surface area contributed by atoms with Crippen molar-refractivity contribution in [2.45, 2.75) is 71.4 Å². The van der Waals surface area contributed by atoms with Gasteiger partial charge in [-0.3, -0.25) is 9.78 Å². The monoisotopic (exact) mass is 570 g/mol. The molecular formula is C34H39FN4O3. The Balaban J connectivity index is 1.32. The van der Waals surface area contributed by atoms with E-state index in [2.05, 4.69) is 45.6 Å². The van der Waals surface area contributed by atoms with Gasteiger partial charge in [-0.05, 0) is 80.0 Å². The van der Waals surface area contributed by atoms with Crippen LogP contribution in [0, 0.1) is 24.6 Å². The highest BCUT2D eigenvalue weighted by molar-refractivity contribution is 5.79. The molecule has 0 spiro atoms. The van der Waals surface area contributed by atoms with Crippen molar-refractivity contribution in [1.82, 2.24) is 14.5 Å². The van der Waals surface area contributed by atoms with Crippen molar-refractivity contribution < 1.29 is 19.0 Å². The van der Waals surface area contributed by atoms with Crippen molar-refractivity contribution in [2.75, 3.05) is 18.0 Å². The molecule has 2 atom stereocenters. The van der Waals surface area contributed by atoms with Gasteiger partial charge < -0.3 is 19.3 Å². The van der Waals surface area contributed by atoms with Gasteiger partial charge >= 0.3 is 5.97 Å². The lowest BCUT2D eigenvalue weighted by atomic mass is 9.78. The summed E-state index contributed by atoms with van der Waals surface area (Å²) < 4.78 is 22.5. The zero-order chi connectivity index (χ0) is 29.2. The van der Waals surface area contributed by atoms with Gasteiger partial charge in [0.15, 0.2) is 0 Å². The number of pyridine rings is 1. The number of aromatic nitrogens is 3. The van der Waals surface area contributed by atoms with E-state index in [4.69, 9.17) is 9.72 Å². The lowest BCUT2D eigenvalue weighted by molar-refractivity contribution is -0.143. The number of ether oxygens (including phenoxy) is 1. The summed E-state index contributed by atoms with van der Waals surface area (Å²) in [6, 6.07) is 15.9. The molecule has 220 valence electrons. The molecule has 1 aliphatic carbocycles. The first-order valence-electron chi connectivity index (χ1n) is 15.2. The summed E-state index contributed by atoms with van der Waals surface area (Å²) in [6.07, 6.45) is 7.44. The number of carbonyl (C=O) groups is 1. The predicted octanol–water partition coefficient (Wildman–Crippen LogP) is 7.10. The second-order valence-electron chi connectivity index (χ2n) is 12.1. The third-order valence-electron chi connectivity index (χ3n) is 9.02. The SMILES string of the molecule is Cc1cnc(COc2ccc3nc([C@@H]4CCCC[C@@H]4C(=O)O)n(Cc4ccc(N5CCC(C)CC5)cc4)c3c2)c(F)c1. The standard InChI is InChI=1S/C34H39FN4O3/c1-22-13-15-38(16-14-22)25-9-7-24(8-10-25)20-39-32-18-26(42-21-31-29(35)17-23(2)19-36-31)11-12-30(32)37-33(39)27-5-3-4-6-28(27)34(40)41/h7-12,17-19,22,27-28H,3-6,13-16,20-21H2,1-2H3,(H,40,41)/t27-,28+/m1/s1. The maximum atomic E-state index is 14.4. The Bertz CT molecular complexity index is 1560. The molecule has 2 aromatic carbocycles. The molecule has 1 aliphatic heterocycles. The molecule has 0 bridgehead atoms. The number of anilines is 1. The summed E-state index contributed by atoms with van der Waals surface area (Å²) >= 11 is 0. The molecule has 6 rings (SSSR count). The minimum Gasteiger partial charge on any atom is -0.487 e. The fourth-order valence-electron chi connectivity index (χ4n) is 6.48. The van der Waals surface area contributed by atoms with Crippen LogP contribution in [-0.4, -0.2) is 38.7 Å². The van der Waals surface area contributed by atoms with E-state index in [9.17, 15) is 14.3 Å². The maximum Gasteiger partial charge on any atom is 0.307 e. The maximum absolute atomic E-state index is 14.4. The number of fused-ring (bicyclic) bond motifs is 1. The van der Waals surface area contributed by atoms with Crippen molar-refractivity contribution >= 4 is 22.7 Å². The van der Waals surface area contributed by atoms with E-state index in [0.717, 1.165) is 66.3 Å². The number of carboxylic acids is 1. The number of halogens is 1. The minimum absolute atomic E-state index is 0.0130. The highest BCUT2D eigenvalue weighted by Crippen LogP contribution is 2.39. The molecule has 1 N–H and O–H groups in total.